The van der Waals surface area contributed by atoms with Crippen molar-refractivity contribution in [3.8, 4) is 0 Å². The molecule has 2 N–H and O–H groups in total. The SMILES string of the molecule is COC1=CC(O)C2C(=O)O[C@@H](C)CC3CC(=O)[C@@H](O)[C@H](C/C=C/C2=C1)O3. The maximum atomic E-state index is 12.6. The van der Waals surface area contributed by atoms with E-state index in [1.165, 1.54) is 13.2 Å². The second kappa shape index (κ2) is 7.73. The number of Topliss-reactive ketones (excluding diaryl/α,β-unsaturated/α-hetero) is 1. The van der Waals surface area contributed by atoms with Gasteiger partial charge in [0.2, 0.25) is 0 Å². The normalized spacial score (nSPS) is 39.4. The average molecular weight is 364 g/mol. The van der Waals surface area contributed by atoms with Crippen molar-refractivity contribution in [1.82, 2.24) is 0 Å². The summed E-state index contributed by atoms with van der Waals surface area (Å²) in [5, 5.41) is 20.4. The number of aliphatic hydroxyl groups is 2. The Morgan fingerprint density at radius 2 is 2.04 bits per heavy atom. The van der Waals surface area contributed by atoms with Crippen molar-refractivity contribution in [2.75, 3.05) is 7.11 Å². The van der Waals surface area contributed by atoms with Crippen molar-refractivity contribution in [3.63, 3.8) is 0 Å². The van der Waals surface area contributed by atoms with E-state index in [0.717, 1.165) is 0 Å². The third kappa shape index (κ3) is 3.90. The van der Waals surface area contributed by atoms with E-state index in [1.807, 2.05) is 0 Å². The third-order valence-corrected chi connectivity index (χ3v) is 4.90. The van der Waals surface area contributed by atoms with Crippen LogP contribution in [0.1, 0.15) is 26.2 Å². The molecule has 3 unspecified atom stereocenters. The van der Waals surface area contributed by atoms with E-state index in [9.17, 15) is 19.8 Å². The van der Waals surface area contributed by atoms with E-state index in [2.05, 4.69) is 0 Å². The molecule has 3 aliphatic rings. The van der Waals surface area contributed by atoms with Gasteiger partial charge in [-0.3, -0.25) is 9.59 Å². The standard InChI is InChI=1S/C19H24O7/c1-10-6-13-9-15(21)18(22)16(26-13)5-3-4-11-7-12(24-2)8-14(20)17(11)19(23)25-10/h3-4,7-8,10,13-14,16-18,20,22H,5-6,9H2,1-2H3/b4-3+/t10-,13?,14?,16-,17?,18+/m0/s1. The summed E-state index contributed by atoms with van der Waals surface area (Å²) in [5.41, 5.74) is 0.544. The van der Waals surface area contributed by atoms with Crippen molar-refractivity contribution >= 4 is 11.8 Å². The first-order chi connectivity index (χ1) is 12.4. The maximum absolute atomic E-state index is 12.6. The van der Waals surface area contributed by atoms with E-state index in [1.54, 1.807) is 25.2 Å². The van der Waals surface area contributed by atoms with Gasteiger partial charge < -0.3 is 24.4 Å². The van der Waals surface area contributed by atoms with Gasteiger partial charge in [-0.15, -0.1) is 0 Å². The minimum absolute atomic E-state index is 0.0976. The monoisotopic (exact) mass is 364 g/mol. The van der Waals surface area contributed by atoms with Crippen LogP contribution in [0.3, 0.4) is 0 Å². The first kappa shape index (κ1) is 18.8. The number of carbonyl (C=O) groups is 2. The second-order valence-electron chi connectivity index (χ2n) is 6.92. The lowest BCUT2D eigenvalue weighted by molar-refractivity contribution is -0.166. The minimum Gasteiger partial charge on any atom is -0.497 e. The molecule has 2 heterocycles. The highest BCUT2D eigenvalue weighted by atomic mass is 16.6. The van der Waals surface area contributed by atoms with Gasteiger partial charge in [-0.05, 0) is 31.1 Å². The molecular weight excluding hydrogens is 340 g/mol. The number of ether oxygens (including phenoxy) is 3. The number of ketones is 1. The summed E-state index contributed by atoms with van der Waals surface area (Å²) in [5.74, 6) is -1.19. The fraction of sp³-hybridized carbons (Fsp3) is 0.579. The van der Waals surface area contributed by atoms with E-state index in [-0.39, 0.29) is 12.2 Å². The highest BCUT2D eigenvalue weighted by Gasteiger charge is 2.38. The summed E-state index contributed by atoms with van der Waals surface area (Å²) >= 11 is 0. The first-order valence-corrected chi connectivity index (χ1v) is 8.77. The summed E-state index contributed by atoms with van der Waals surface area (Å²) in [7, 11) is 1.48. The van der Waals surface area contributed by atoms with E-state index < -0.39 is 42.4 Å². The molecule has 0 aromatic heterocycles. The number of aliphatic hydroxyl groups excluding tert-OH is 2. The van der Waals surface area contributed by atoms with Crippen molar-refractivity contribution in [3.05, 3.63) is 35.6 Å². The van der Waals surface area contributed by atoms with Gasteiger partial charge in [0, 0.05) is 12.8 Å². The zero-order chi connectivity index (χ0) is 18.8. The number of carbonyl (C=O) groups excluding carboxylic acids is 2. The fourth-order valence-corrected chi connectivity index (χ4v) is 3.59. The minimum atomic E-state index is -1.16. The summed E-state index contributed by atoms with van der Waals surface area (Å²) in [6.45, 7) is 1.72. The van der Waals surface area contributed by atoms with Crippen molar-refractivity contribution in [1.29, 1.82) is 0 Å². The van der Waals surface area contributed by atoms with Crippen LogP contribution in [0, 0.1) is 5.92 Å². The van der Waals surface area contributed by atoms with Gasteiger partial charge in [0.05, 0.1) is 25.4 Å². The maximum Gasteiger partial charge on any atom is 0.316 e. The Balaban J connectivity index is 1.92. The number of cyclic esters (lactones) is 1. The van der Waals surface area contributed by atoms with Crippen LogP contribution >= 0.6 is 0 Å². The molecule has 0 aromatic carbocycles. The zero-order valence-electron chi connectivity index (χ0n) is 14.8. The van der Waals surface area contributed by atoms with Gasteiger partial charge in [0.15, 0.2) is 5.78 Å². The molecule has 1 aliphatic carbocycles. The van der Waals surface area contributed by atoms with Crippen LogP contribution < -0.4 is 0 Å². The molecular formula is C19H24O7. The van der Waals surface area contributed by atoms with Gasteiger partial charge in [-0.1, -0.05) is 12.2 Å². The Kier molecular flexibility index (Phi) is 5.60. The molecule has 142 valence electrons. The first-order valence-electron chi connectivity index (χ1n) is 8.77. The third-order valence-electron chi connectivity index (χ3n) is 4.90. The molecule has 3 rings (SSSR count). The number of fused-ring (bicyclic) bond motifs is 3. The van der Waals surface area contributed by atoms with Crippen LogP contribution in [0.15, 0.2) is 35.6 Å². The summed E-state index contributed by atoms with van der Waals surface area (Å²) < 4.78 is 16.5. The van der Waals surface area contributed by atoms with Crippen LogP contribution in [-0.2, 0) is 23.8 Å². The molecule has 0 saturated carbocycles. The lowest BCUT2D eigenvalue weighted by Gasteiger charge is -2.34. The number of esters is 1. The van der Waals surface area contributed by atoms with Crippen molar-refractivity contribution in [2.45, 2.75) is 56.7 Å². The largest absolute Gasteiger partial charge is 0.497 e. The van der Waals surface area contributed by atoms with Gasteiger partial charge in [0.1, 0.15) is 23.9 Å². The number of allylic oxidation sites excluding steroid dienone is 2. The lowest BCUT2D eigenvalue weighted by atomic mass is 9.87. The predicted octanol–water partition coefficient (Wildman–Crippen LogP) is 0.803. The average Bonchev–Trinajstić information content (AvgIpc) is 2.57. The molecule has 0 aromatic rings. The van der Waals surface area contributed by atoms with Crippen LogP contribution in [0.2, 0.25) is 0 Å². The molecule has 7 nitrogen and oxygen atoms in total. The van der Waals surface area contributed by atoms with E-state index in [0.29, 0.717) is 24.2 Å². The molecule has 0 amide bonds. The Morgan fingerprint density at radius 3 is 2.77 bits per heavy atom. The van der Waals surface area contributed by atoms with Crippen LogP contribution in [0.25, 0.3) is 0 Å². The van der Waals surface area contributed by atoms with Crippen molar-refractivity contribution in [2.24, 2.45) is 5.92 Å². The number of methoxy groups -OCH3 is 1. The Hall–Kier alpha value is -1.96. The van der Waals surface area contributed by atoms with Crippen molar-refractivity contribution < 1.29 is 34.0 Å². The molecule has 2 aliphatic heterocycles. The number of hydrogen-bond acceptors (Lipinski definition) is 7. The van der Waals surface area contributed by atoms with Gasteiger partial charge in [0.25, 0.3) is 0 Å². The van der Waals surface area contributed by atoms with Gasteiger partial charge in [-0.25, -0.2) is 0 Å². The van der Waals surface area contributed by atoms with Crippen LogP contribution in [0.4, 0.5) is 0 Å². The molecule has 2 bridgehead atoms. The Labute approximate surface area is 151 Å². The summed E-state index contributed by atoms with van der Waals surface area (Å²) in [6, 6.07) is 0. The fourth-order valence-electron chi connectivity index (χ4n) is 3.59. The quantitative estimate of drug-likeness (QED) is 0.664. The van der Waals surface area contributed by atoms with Crippen LogP contribution in [0.5, 0.6) is 0 Å². The van der Waals surface area contributed by atoms with Gasteiger partial charge in [-0.2, -0.15) is 0 Å². The van der Waals surface area contributed by atoms with Gasteiger partial charge >= 0.3 is 5.97 Å². The summed E-state index contributed by atoms with van der Waals surface area (Å²) in [6.07, 6.45) is 3.57. The zero-order valence-corrected chi connectivity index (χ0v) is 14.8. The molecule has 1 fully saturated rings. The Bertz CT molecular complexity index is 663. The van der Waals surface area contributed by atoms with Crippen LogP contribution in [-0.4, -0.2) is 59.6 Å². The highest BCUT2D eigenvalue weighted by Crippen LogP contribution is 2.30. The van der Waals surface area contributed by atoms with E-state index >= 15 is 0 Å². The van der Waals surface area contributed by atoms with E-state index in [4.69, 9.17) is 14.2 Å². The smallest absolute Gasteiger partial charge is 0.316 e. The lowest BCUT2D eigenvalue weighted by Crippen LogP contribution is -2.46. The summed E-state index contributed by atoms with van der Waals surface area (Å²) in [4.78, 5) is 24.6. The Morgan fingerprint density at radius 1 is 1.27 bits per heavy atom. The number of rotatable bonds is 1. The highest BCUT2D eigenvalue weighted by molar-refractivity contribution is 5.84. The molecule has 1 saturated heterocycles. The molecule has 0 radical (unpaired) electrons. The number of hydrogen-bond donors (Lipinski definition) is 2. The second-order valence-corrected chi connectivity index (χ2v) is 6.92. The molecule has 26 heavy (non-hydrogen) atoms. The molecule has 6 atom stereocenters. The topological polar surface area (TPSA) is 102 Å². The predicted molar refractivity (Wildman–Crippen MR) is 90.9 cm³/mol. The molecule has 0 spiro atoms. The molecule has 7 heteroatoms.